The van der Waals surface area contributed by atoms with Gasteiger partial charge in [0.25, 0.3) is 5.91 Å². The first-order valence-corrected chi connectivity index (χ1v) is 7.54. The lowest BCUT2D eigenvalue weighted by Crippen LogP contribution is -2.56. The fraction of sp³-hybridized carbons (Fsp3) is 0.158. The lowest BCUT2D eigenvalue weighted by molar-refractivity contribution is -0.138. The Morgan fingerprint density at radius 2 is 1.61 bits per heavy atom. The van der Waals surface area contributed by atoms with Gasteiger partial charge in [0.2, 0.25) is 5.91 Å². The molecule has 1 fully saturated rings. The third kappa shape index (κ3) is 3.31. The van der Waals surface area contributed by atoms with Gasteiger partial charge in [-0.1, -0.05) is 60.7 Å². The van der Waals surface area contributed by atoms with Gasteiger partial charge in [-0.05, 0) is 17.2 Å². The number of hydrogen-bond acceptors (Lipinski definition) is 2. The molecule has 0 radical (unpaired) electrons. The quantitative estimate of drug-likeness (QED) is 0.884. The van der Waals surface area contributed by atoms with E-state index in [0.29, 0.717) is 12.1 Å². The summed E-state index contributed by atoms with van der Waals surface area (Å²) in [6, 6.07) is 18.7. The maximum atomic E-state index is 12.5. The first kappa shape index (κ1) is 15.0. The van der Waals surface area contributed by atoms with Gasteiger partial charge in [0.15, 0.2) is 0 Å². The molecule has 3 rings (SSSR count). The summed E-state index contributed by atoms with van der Waals surface area (Å²) in [5.41, 5.74) is 2.28. The molecule has 0 spiro atoms. The minimum absolute atomic E-state index is 0.101. The number of carbonyl (C=O) groups is 2. The summed E-state index contributed by atoms with van der Waals surface area (Å²) < 4.78 is 0. The highest BCUT2D eigenvalue weighted by atomic mass is 16.2. The van der Waals surface area contributed by atoms with Crippen LogP contribution in [0.5, 0.6) is 0 Å². The number of carbonyl (C=O) groups excluding carboxylic acids is 2. The average Bonchev–Trinajstić information content (AvgIpc) is 2.58. The minimum atomic E-state index is -0.525. The monoisotopic (exact) mass is 306 g/mol. The van der Waals surface area contributed by atoms with E-state index in [0.717, 1.165) is 11.1 Å². The number of hydrogen-bond donors (Lipinski definition) is 1. The summed E-state index contributed by atoms with van der Waals surface area (Å²) in [4.78, 5) is 26.4. The molecule has 2 amide bonds. The highest BCUT2D eigenvalue weighted by Gasteiger charge is 2.34. The fourth-order valence-electron chi connectivity index (χ4n) is 2.66. The Morgan fingerprint density at radius 1 is 1.00 bits per heavy atom. The second-order valence-corrected chi connectivity index (χ2v) is 5.55. The molecule has 23 heavy (non-hydrogen) atoms. The SMILES string of the molecule is CN1C(=O)[C@H](Cc2ccccc2)NC(=O)/C1=C/c1ccccc1. The number of amides is 2. The molecule has 2 aromatic rings. The third-order valence-electron chi connectivity index (χ3n) is 3.91. The summed E-state index contributed by atoms with van der Waals surface area (Å²) >= 11 is 0. The van der Waals surface area contributed by atoms with Gasteiger partial charge in [0.1, 0.15) is 11.7 Å². The van der Waals surface area contributed by atoms with Crippen LogP contribution in [0.2, 0.25) is 0 Å². The van der Waals surface area contributed by atoms with Crippen molar-refractivity contribution in [1.29, 1.82) is 0 Å². The number of nitrogens with one attached hydrogen (secondary N) is 1. The second-order valence-electron chi connectivity index (χ2n) is 5.55. The second kappa shape index (κ2) is 6.48. The highest BCUT2D eigenvalue weighted by molar-refractivity contribution is 6.07. The molecule has 0 unspecified atom stereocenters. The molecule has 1 aliphatic rings. The molecule has 1 N–H and O–H groups in total. The minimum Gasteiger partial charge on any atom is -0.339 e. The van der Waals surface area contributed by atoms with Crippen LogP contribution in [0.4, 0.5) is 0 Å². The van der Waals surface area contributed by atoms with E-state index < -0.39 is 6.04 Å². The standard InChI is InChI=1S/C19H18N2O2/c1-21-17(13-15-10-6-3-7-11-15)18(22)20-16(19(21)23)12-14-8-4-2-5-9-14/h2-11,13,16H,12H2,1H3,(H,20,22)/b17-13-/t16-/m0/s1. The zero-order valence-corrected chi connectivity index (χ0v) is 12.9. The van der Waals surface area contributed by atoms with E-state index in [1.807, 2.05) is 60.7 Å². The molecule has 116 valence electrons. The van der Waals surface area contributed by atoms with Crippen LogP contribution in [0.3, 0.4) is 0 Å². The van der Waals surface area contributed by atoms with Gasteiger partial charge in [-0.15, -0.1) is 0 Å². The van der Waals surface area contributed by atoms with Gasteiger partial charge >= 0.3 is 0 Å². The normalized spacial score (nSPS) is 19.8. The number of likely N-dealkylation sites (N-methyl/N-ethyl adjacent to an activating group) is 1. The van der Waals surface area contributed by atoms with Crippen molar-refractivity contribution < 1.29 is 9.59 Å². The van der Waals surface area contributed by atoms with E-state index in [1.54, 1.807) is 13.1 Å². The average molecular weight is 306 g/mol. The molecule has 1 atom stereocenters. The third-order valence-corrected chi connectivity index (χ3v) is 3.91. The predicted octanol–water partition coefficient (Wildman–Crippen LogP) is 2.23. The molecule has 1 saturated heterocycles. The van der Waals surface area contributed by atoms with Crippen molar-refractivity contribution >= 4 is 17.9 Å². The molecule has 1 aliphatic heterocycles. The topological polar surface area (TPSA) is 49.4 Å². The van der Waals surface area contributed by atoms with Crippen LogP contribution >= 0.6 is 0 Å². The zero-order chi connectivity index (χ0) is 16.2. The molecular formula is C19H18N2O2. The Hall–Kier alpha value is -2.88. The number of nitrogens with zero attached hydrogens (tertiary/aromatic N) is 1. The van der Waals surface area contributed by atoms with Crippen molar-refractivity contribution in [3.05, 3.63) is 77.5 Å². The van der Waals surface area contributed by atoms with Crippen LogP contribution in [-0.4, -0.2) is 29.8 Å². The first-order valence-electron chi connectivity index (χ1n) is 7.54. The molecule has 4 heteroatoms. The first-order chi connectivity index (χ1) is 11.1. The van der Waals surface area contributed by atoms with Gasteiger partial charge in [-0.2, -0.15) is 0 Å². The van der Waals surface area contributed by atoms with Gasteiger partial charge in [-0.25, -0.2) is 0 Å². The van der Waals surface area contributed by atoms with Crippen LogP contribution in [0, 0.1) is 0 Å². The predicted molar refractivity (Wildman–Crippen MR) is 89.3 cm³/mol. The summed E-state index contributed by atoms with van der Waals surface area (Å²) in [5.74, 6) is -0.326. The Balaban J connectivity index is 1.81. The number of rotatable bonds is 3. The lowest BCUT2D eigenvalue weighted by Gasteiger charge is -2.32. The Kier molecular flexibility index (Phi) is 4.24. The number of benzene rings is 2. The molecule has 0 bridgehead atoms. The van der Waals surface area contributed by atoms with Crippen molar-refractivity contribution in [2.45, 2.75) is 12.5 Å². The van der Waals surface area contributed by atoms with E-state index in [2.05, 4.69) is 5.32 Å². The Bertz CT molecular complexity index is 738. The highest BCUT2D eigenvalue weighted by Crippen LogP contribution is 2.17. The summed E-state index contributed by atoms with van der Waals surface area (Å²) in [6.07, 6.45) is 2.22. The summed E-state index contributed by atoms with van der Waals surface area (Å²) in [5, 5.41) is 2.82. The van der Waals surface area contributed by atoms with E-state index in [1.165, 1.54) is 4.90 Å². The zero-order valence-electron chi connectivity index (χ0n) is 12.9. The van der Waals surface area contributed by atoms with Gasteiger partial charge in [0, 0.05) is 13.5 Å². The van der Waals surface area contributed by atoms with Gasteiger partial charge < -0.3 is 10.2 Å². The number of piperazine rings is 1. The van der Waals surface area contributed by atoms with Crippen molar-refractivity contribution in [1.82, 2.24) is 10.2 Å². The van der Waals surface area contributed by atoms with Crippen LogP contribution < -0.4 is 5.32 Å². The maximum absolute atomic E-state index is 12.5. The van der Waals surface area contributed by atoms with E-state index in [-0.39, 0.29) is 11.8 Å². The van der Waals surface area contributed by atoms with Crippen LogP contribution in [0.25, 0.3) is 6.08 Å². The molecule has 4 nitrogen and oxygen atoms in total. The van der Waals surface area contributed by atoms with E-state index in [4.69, 9.17) is 0 Å². The van der Waals surface area contributed by atoms with Gasteiger partial charge in [-0.3, -0.25) is 9.59 Å². The fourth-order valence-corrected chi connectivity index (χ4v) is 2.66. The van der Waals surface area contributed by atoms with Crippen molar-refractivity contribution in [3.63, 3.8) is 0 Å². The van der Waals surface area contributed by atoms with Crippen LogP contribution in [0.15, 0.2) is 66.4 Å². The molecule has 0 aromatic heterocycles. The molecule has 0 aliphatic carbocycles. The summed E-state index contributed by atoms with van der Waals surface area (Å²) in [7, 11) is 1.65. The largest absolute Gasteiger partial charge is 0.339 e. The summed E-state index contributed by atoms with van der Waals surface area (Å²) in [6.45, 7) is 0. The van der Waals surface area contributed by atoms with Crippen LogP contribution in [0.1, 0.15) is 11.1 Å². The Morgan fingerprint density at radius 3 is 2.26 bits per heavy atom. The van der Waals surface area contributed by atoms with Crippen molar-refractivity contribution in [2.75, 3.05) is 7.05 Å². The van der Waals surface area contributed by atoms with Crippen molar-refractivity contribution in [3.8, 4) is 0 Å². The maximum Gasteiger partial charge on any atom is 0.268 e. The van der Waals surface area contributed by atoms with Crippen molar-refractivity contribution in [2.24, 2.45) is 0 Å². The molecular weight excluding hydrogens is 288 g/mol. The Labute approximate surface area is 135 Å². The van der Waals surface area contributed by atoms with Crippen LogP contribution in [-0.2, 0) is 16.0 Å². The van der Waals surface area contributed by atoms with E-state index in [9.17, 15) is 9.59 Å². The molecule has 1 heterocycles. The van der Waals surface area contributed by atoms with Gasteiger partial charge in [0.05, 0.1) is 0 Å². The molecule has 0 saturated carbocycles. The smallest absolute Gasteiger partial charge is 0.268 e. The van der Waals surface area contributed by atoms with E-state index >= 15 is 0 Å². The lowest BCUT2D eigenvalue weighted by atomic mass is 10.0. The molecule has 2 aromatic carbocycles.